The number of likely N-dealkylation sites (tertiary alicyclic amines) is 1. The number of aliphatic hydroxyl groups is 1. The molecule has 1 heterocycles. The van der Waals surface area contributed by atoms with E-state index in [1.54, 1.807) is 6.08 Å². The molecule has 0 spiro atoms. The van der Waals surface area contributed by atoms with E-state index in [1.165, 1.54) is 4.90 Å². The fourth-order valence-corrected chi connectivity index (χ4v) is 1.23. The molecule has 1 fully saturated rings. The van der Waals surface area contributed by atoms with Gasteiger partial charge in [-0.3, -0.25) is 0 Å². The highest BCUT2D eigenvalue weighted by atomic mass is 16.6. The molecule has 1 rings (SSSR count). The van der Waals surface area contributed by atoms with Crippen LogP contribution in [0.1, 0.15) is 34.1 Å². The van der Waals surface area contributed by atoms with Crippen molar-refractivity contribution in [1.29, 1.82) is 0 Å². The van der Waals surface area contributed by atoms with Crippen molar-refractivity contribution in [3.8, 4) is 0 Å². The van der Waals surface area contributed by atoms with Gasteiger partial charge in [-0.25, -0.2) is 4.79 Å². The molecule has 0 bridgehead atoms. The van der Waals surface area contributed by atoms with Gasteiger partial charge in [0.05, 0.1) is 6.10 Å². The first-order valence-corrected chi connectivity index (χ1v) is 5.53. The highest BCUT2D eigenvalue weighted by molar-refractivity contribution is 5.68. The maximum Gasteiger partial charge on any atom is 0.410 e. The zero-order valence-corrected chi connectivity index (χ0v) is 10.7. The second-order valence-electron chi connectivity index (χ2n) is 4.78. The monoisotopic (exact) mass is 229 g/mol. The van der Waals surface area contributed by atoms with Crippen LogP contribution in [-0.2, 0) is 4.74 Å². The van der Waals surface area contributed by atoms with Crippen LogP contribution in [0.2, 0.25) is 0 Å². The topological polar surface area (TPSA) is 49.8 Å². The van der Waals surface area contributed by atoms with Crippen molar-refractivity contribution < 1.29 is 14.6 Å². The molecular formula is C12H23NO3. The van der Waals surface area contributed by atoms with Crippen molar-refractivity contribution in [3.63, 3.8) is 0 Å². The Bertz CT molecular complexity index is 233. The van der Waals surface area contributed by atoms with Crippen molar-refractivity contribution in [1.82, 2.24) is 4.90 Å². The molecule has 0 aromatic heterocycles. The maximum atomic E-state index is 11.4. The van der Waals surface area contributed by atoms with Crippen molar-refractivity contribution in [3.05, 3.63) is 12.7 Å². The van der Waals surface area contributed by atoms with Crippen LogP contribution in [0.3, 0.4) is 0 Å². The van der Waals surface area contributed by atoms with Gasteiger partial charge in [-0.1, -0.05) is 6.08 Å². The van der Waals surface area contributed by atoms with Crippen LogP contribution in [0, 0.1) is 0 Å². The average molecular weight is 229 g/mol. The summed E-state index contributed by atoms with van der Waals surface area (Å²) in [5, 5.41) is 9.20. The number of amides is 1. The second-order valence-corrected chi connectivity index (χ2v) is 4.78. The molecule has 1 aliphatic heterocycles. The minimum atomic E-state index is -0.454. The molecule has 4 nitrogen and oxygen atoms in total. The highest BCUT2D eigenvalue weighted by Crippen LogP contribution is 2.14. The van der Waals surface area contributed by atoms with Gasteiger partial charge < -0.3 is 14.7 Å². The Morgan fingerprint density at radius 2 is 2.06 bits per heavy atom. The summed E-state index contributed by atoms with van der Waals surface area (Å²) in [6.07, 6.45) is 1.69. The predicted molar refractivity (Wildman–Crippen MR) is 64.3 cm³/mol. The van der Waals surface area contributed by atoms with Crippen molar-refractivity contribution in [2.45, 2.75) is 45.8 Å². The molecule has 0 aliphatic carbocycles. The van der Waals surface area contributed by atoms with Gasteiger partial charge in [-0.05, 0) is 34.1 Å². The molecule has 0 unspecified atom stereocenters. The van der Waals surface area contributed by atoms with Gasteiger partial charge in [0.15, 0.2) is 0 Å². The first kappa shape index (κ1) is 15.0. The summed E-state index contributed by atoms with van der Waals surface area (Å²) in [5.74, 6) is 0. The fraction of sp³-hybridized carbons (Fsp3) is 0.750. The summed E-state index contributed by atoms with van der Waals surface area (Å²) < 4.78 is 5.15. The van der Waals surface area contributed by atoms with Crippen LogP contribution in [0.25, 0.3) is 0 Å². The Kier molecular flexibility index (Phi) is 6.11. The molecule has 1 aliphatic rings. The molecular weight excluding hydrogens is 206 g/mol. The lowest BCUT2D eigenvalue weighted by atomic mass is 10.2. The first-order valence-electron chi connectivity index (χ1n) is 5.53. The third kappa shape index (κ3) is 6.45. The third-order valence-electron chi connectivity index (χ3n) is 1.82. The number of carbonyl (C=O) groups is 1. The van der Waals surface area contributed by atoms with E-state index in [9.17, 15) is 9.90 Å². The minimum absolute atomic E-state index is 0.330. The van der Waals surface area contributed by atoms with Gasteiger partial charge in [0.1, 0.15) is 5.60 Å². The Morgan fingerprint density at radius 1 is 1.56 bits per heavy atom. The lowest BCUT2D eigenvalue weighted by molar-refractivity contribution is 0.0270. The van der Waals surface area contributed by atoms with E-state index in [-0.39, 0.29) is 12.2 Å². The zero-order valence-electron chi connectivity index (χ0n) is 10.7. The number of hydrogen-bond acceptors (Lipinski definition) is 3. The van der Waals surface area contributed by atoms with Gasteiger partial charge in [0.25, 0.3) is 0 Å². The van der Waals surface area contributed by atoms with E-state index in [4.69, 9.17) is 4.74 Å². The zero-order chi connectivity index (χ0) is 12.8. The standard InChI is InChI=1S/C9H17NO3.C3H6/c1-9(2,3)13-8(12)10-5-4-7(11)6-10;1-3-2/h7,11H,4-6H2,1-3H3;3H,1H2,2H3/t7-;/m1./s1. The molecule has 4 heteroatoms. The Morgan fingerprint density at radius 3 is 2.38 bits per heavy atom. The summed E-state index contributed by atoms with van der Waals surface area (Å²) in [7, 11) is 0. The molecule has 1 N–H and O–H groups in total. The number of nitrogens with zero attached hydrogens (tertiary/aromatic N) is 1. The number of β-amino-alcohol motifs (C(OH)–C–C–N with tert-alkyl or cyclic N) is 1. The molecule has 1 saturated heterocycles. The number of hydrogen-bond donors (Lipinski definition) is 1. The SMILES string of the molecule is C=CC.CC(C)(C)OC(=O)N1CC[C@@H](O)C1. The summed E-state index contributed by atoms with van der Waals surface area (Å²) in [6.45, 7) is 11.7. The third-order valence-corrected chi connectivity index (χ3v) is 1.82. The van der Waals surface area contributed by atoms with Crippen LogP contribution in [0.4, 0.5) is 4.79 Å². The smallest absolute Gasteiger partial charge is 0.410 e. The van der Waals surface area contributed by atoms with Gasteiger partial charge in [0.2, 0.25) is 0 Å². The van der Waals surface area contributed by atoms with E-state index in [0.29, 0.717) is 19.5 Å². The van der Waals surface area contributed by atoms with Crippen molar-refractivity contribution >= 4 is 6.09 Å². The van der Waals surface area contributed by atoms with E-state index >= 15 is 0 Å². The van der Waals surface area contributed by atoms with Crippen molar-refractivity contribution in [2.24, 2.45) is 0 Å². The van der Waals surface area contributed by atoms with E-state index in [0.717, 1.165) is 0 Å². The van der Waals surface area contributed by atoms with Crippen LogP contribution >= 0.6 is 0 Å². The van der Waals surface area contributed by atoms with Gasteiger partial charge >= 0.3 is 6.09 Å². The van der Waals surface area contributed by atoms with E-state index in [1.807, 2.05) is 27.7 Å². The van der Waals surface area contributed by atoms with E-state index < -0.39 is 5.60 Å². The molecule has 1 amide bonds. The fourth-order valence-electron chi connectivity index (χ4n) is 1.23. The summed E-state index contributed by atoms with van der Waals surface area (Å²) in [4.78, 5) is 12.9. The molecule has 0 aromatic rings. The summed E-state index contributed by atoms with van der Waals surface area (Å²) in [5.41, 5.74) is -0.454. The molecule has 94 valence electrons. The Labute approximate surface area is 97.9 Å². The minimum Gasteiger partial charge on any atom is -0.444 e. The number of carbonyl (C=O) groups excluding carboxylic acids is 1. The lowest BCUT2D eigenvalue weighted by Gasteiger charge is -2.24. The molecule has 0 aromatic carbocycles. The Balaban J connectivity index is 0.000000673. The second kappa shape index (κ2) is 6.53. The molecule has 0 radical (unpaired) electrons. The largest absolute Gasteiger partial charge is 0.444 e. The lowest BCUT2D eigenvalue weighted by Crippen LogP contribution is -2.35. The number of ether oxygens (including phenoxy) is 1. The summed E-state index contributed by atoms with van der Waals surface area (Å²) in [6, 6.07) is 0. The van der Waals surface area contributed by atoms with E-state index in [2.05, 4.69) is 6.58 Å². The van der Waals surface area contributed by atoms with Gasteiger partial charge in [0, 0.05) is 13.1 Å². The van der Waals surface area contributed by atoms with Crippen LogP contribution in [0.15, 0.2) is 12.7 Å². The van der Waals surface area contributed by atoms with Crippen LogP contribution in [-0.4, -0.2) is 40.9 Å². The number of rotatable bonds is 0. The number of allylic oxidation sites excluding steroid dienone is 1. The highest BCUT2D eigenvalue weighted by Gasteiger charge is 2.28. The Hall–Kier alpha value is -1.03. The number of aliphatic hydroxyl groups excluding tert-OH is 1. The molecule has 16 heavy (non-hydrogen) atoms. The van der Waals surface area contributed by atoms with Crippen LogP contribution in [0.5, 0.6) is 0 Å². The maximum absolute atomic E-state index is 11.4. The normalized spacial score (nSPS) is 19.8. The molecule has 1 atom stereocenters. The predicted octanol–water partition coefficient (Wildman–Crippen LogP) is 2.18. The van der Waals surface area contributed by atoms with Gasteiger partial charge in [-0.2, -0.15) is 0 Å². The first-order chi connectivity index (χ1) is 7.30. The average Bonchev–Trinajstić information content (AvgIpc) is 2.50. The van der Waals surface area contributed by atoms with Gasteiger partial charge in [-0.15, -0.1) is 6.58 Å². The quantitative estimate of drug-likeness (QED) is 0.648. The van der Waals surface area contributed by atoms with Crippen LogP contribution < -0.4 is 0 Å². The summed E-state index contributed by atoms with van der Waals surface area (Å²) >= 11 is 0. The van der Waals surface area contributed by atoms with Crippen molar-refractivity contribution in [2.75, 3.05) is 13.1 Å². The molecule has 0 saturated carbocycles.